The van der Waals surface area contributed by atoms with Gasteiger partial charge in [0.15, 0.2) is 0 Å². The normalized spacial score (nSPS) is 17.9. The minimum atomic E-state index is -0.594. The Morgan fingerprint density at radius 1 is 1.65 bits per heavy atom. The summed E-state index contributed by atoms with van der Waals surface area (Å²) in [6.07, 6.45) is 2.25. The van der Waals surface area contributed by atoms with E-state index in [-0.39, 0.29) is 16.7 Å². The van der Waals surface area contributed by atoms with Gasteiger partial charge in [0.05, 0.1) is 11.8 Å². The first-order valence-electron chi connectivity index (χ1n) is 6.57. The molecule has 2 heterocycles. The largest absolute Gasteiger partial charge is 0.396 e. The molecule has 0 spiro atoms. The molecule has 4 N–H and O–H groups in total. The van der Waals surface area contributed by atoms with Crippen LogP contribution in [0.2, 0.25) is 0 Å². The lowest BCUT2D eigenvalue weighted by Gasteiger charge is -2.24. The highest BCUT2D eigenvalue weighted by atomic mass is 32.1. The summed E-state index contributed by atoms with van der Waals surface area (Å²) in [6.45, 7) is 4.19. The van der Waals surface area contributed by atoms with Crippen LogP contribution in [0.5, 0.6) is 0 Å². The zero-order chi connectivity index (χ0) is 14.7. The summed E-state index contributed by atoms with van der Waals surface area (Å²) in [5.74, 6) is -0.594. The van der Waals surface area contributed by atoms with Crippen LogP contribution < -0.4 is 16.4 Å². The molecule has 6 nitrogen and oxygen atoms in total. The zero-order valence-electron chi connectivity index (χ0n) is 11.4. The Morgan fingerprint density at radius 2 is 2.40 bits per heavy atom. The number of nitriles is 1. The molecule has 1 aromatic heterocycles. The van der Waals surface area contributed by atoms with E-state index in [2.05, 4.69) is 6.07 Å². The molecule has 1 fully saturated rings. The maximum Gasteiger partial charge on any atom is 0.261 e. The summed E-state index contributed by atoms with van der Waals surface area (Å²) < 4.78 is 5.62. The van der Waals surface area contributed by atoms with Gasteiger partial charge in [-0.3, -0.25) is 4.79 Å². The molecule has 0 bridgehead atoms. The molecule has 108 valence electrons. The number of primary amides is 1. The molecule has 1 amide bonds. The third kappa shape index (κ3) is 2.71. The van der Waals surface area contributed by atoms with Crippen molar-refractivity contribution in [1.82, 2.24) is 0 Å². The quantitative estimate of drug-likeness (QED) is 0.851. The molecule has 1 aliphatic rings. The van der Waals surface area contributed by atoms with Crippen molar-refractivity contribution >= 4 is 27.9 Å². The van der Waals surface area contributed by atoms with Crippen LogP contribution in [-0.4, -0.2) is 31.7 Å². The maximum atomic E-state index is 11.4. The molecule has 20 heavy (non-hydrogen) atoms. The maximum absolute atomic E-state index is 11.4. The van der Waals surface area contributed by atoms with E-state index < -0.39 is 5.91 Å². The minimum absolute atomic E-state index is 0.168. The van der Waals surface area contributed by atoms with Gasteiger partial charge in [0.25, 0.3) is 5.91 Å². The molecule has 0 aliphatic carbocycles. The summed E-state index contributed by atoms with van der Waals surface area (Å²) in [5.41, 5.74) is 11.7. The number of nitrogen functional groups attached to an aromatic ring is 1. The number of hydrogen-bond acceptors (Lipinski definition) is 6. The summed E-state index contributed by atoms with van der Waals surface area (Å²) in [4.78, 5) is 13.6. The van der Waals surface area contributed by atoms with Gasteiger partial charge in [0.1, 0.15) is 21.5 Å². The van der Waals surface area contributed by atoms with E-state index in [1.165, 1.54) is 11.3 Å². The number of likely N-dealkylation sites (N-methyl/N-ethyl adjacent to an activating group) is 1. The summed E-state index contributed by atoms with van der Waals surface area (Å²) in [7, 11) is 0. The molecule has 1 saturated heterocycles. The van der Waals surface area contributed by atoms with E-state index in [1.54, 1.807) is 0 Å². The Balaban J connectivity index is 2.31. The number of nitrogens with zero attached hydrogens (tertiary/aromatic N) is 2. The standard InChI is InChI=1S/C13H18N4O2S/c1-2-17(7-8-4-3-5-19-8)13-9(6-14)10(15)11(20-13)12(16)18/h8H,2-5,7,15H2,1H3,(H2,16,18). The number of amides is 1. The van der Waals surface area contributed by atoms with Crippen LogP contribution in [0.25, 0.3) is 0 Å². The number of thiophene rings is 1. The highest BCUT2D eigenvalue weighted by Gasteiger charge is 2.25. The molecule has 1 aromatic rings. The second kappa shape index (κ2) is 6.11. The Kier molecular flexibility index (Phi) is 4.47. The zero-order valence-corrected chi connectivity index (χ0v) is 12.2. The monoisotopic (exact) mass is 294 g/mol. The Hall–Kier alpha value is -1.78. The van der Waals surface area contributed by atoms with Crippen molar-refractivity contribution in [3.8, 4) is 6.07 Å². The first kappa shape index (κ1) is 14.6. The lowest BCUT2D eigenvalue weighted by atomic mass is 10.2. The molecular formula is C13H18N4O2S. The first-order chi connectivity index (χ1) is 9.58. The van der Waals surface area contributed by atoms with Crippen molar-refractivity contribution in [3.63, 3.8) is 0 Å². The molecule has 1 atom stereocenters. The molecule has 0 radical (unpaired) electrons. The average molecular weight is 294 g/mol. The Labute approximate surface area is 121 Å². The number of nitrogens with two attached hydrogens (primary N) is 2. The van der Waals surface area contributed by atoms with E-state index in [1.807, 2.05) is 11.8 Å². The third-order valence-corrected chi connectivity index (χ3v) is 4.66. The predicted octanol–water partition coefficient (Wildman–Crippen LogP) is 1.31. The first-order valence-corrected chi connectivity index (χ1v) is 7.38. The summed E-state index contributed by atoms with van der Waals surface area (Å²) >= 11 is 1.18. The van der Waals surface area contributed by atoms with Crippen LogP contribution in [0.15, 0.2) is 0 Å². The molecule has 0 aromatic carbocycles. The molecule has 0 saturated carbocycles. The van der Waals surface area contributed by atoms with Gasteiger partial charge in [0, 0.05) is 19.7 Å². The highest BCUT2D eigenvalue weighted by molar-refractivity contribution is 7.19. The lowest BCUT2D eigenvalue weighted by molar-refractivity contribution is 0.100. The van der Waals surface area contributed by atoms with Crippen LogP contribution in [0.3, 0.4) is 0 Å². The van der Waals surface area contributed by atoms with Crippen molar-refractivity contribution in [2.75, 3.05) is 30.3 Å². The van der Waals surface area contributed by atoms with Gasteiger partial charge >= 0.3 is 0 Å². The predicted molar refractivity (Wildman–Crippen MR) is 78.8 cm³/mol. The number of carbonyl (C=O) groups excluding carboxylic acids is 1. The van der Waals surface area contributed by atoms with Gasteiger partial charge < -0.3 is 21.1 Å². The molecular weight excluding hydrogens is 276 g/mol. The number of hydrogen-bond donors (Lipinski definition) is 2. The van der Waals surface area contributed by atoms with Crippen molar-refractivity contribution in [3.05, 3.63) is 10.4 Å². The van der Waals surface area contributed by atoms with Crippen LogP contribution in [0.4, 0.5) is 10.7 Å². The van der Waals surface area contributed by atoms with E-state index in [0.717, 1.165) is 19.4 Å². The molecule has 7 heteroatoms. The molecule has 1 unspecified atom stereocenters. The summed E-state index contributed by atoms with van der Waals surface area (Å²) in [6, 6.07) is 2.07. The van der Waals surface area contributed by atoms with E-state index in [0.29, 0.717) is 23.7 Å². The fourth-order valence-electron chi connectivity index (χ4n) is 2.33. The van der Waals surface area contributed by atoms with Crippen LogP contribution in [0, 0.1) is 11.3 Å². The Bertz CT molecular complexity index is 543. The lowest BCUT2D eigenvalue weighted by Crippen LogP contribution is -2.31. The second-order valence-electron chi connectivity index (χ2n) is 4.67. The van der Waals surface area contributed by atoms with Gasteiger partial charge in [-0.25, -0.2) is 0 Å². The minimum Gasteiger partial charge on any atom is -0.396 e. The van der Waals surface area contributed by atoms with Crippen LogP contribution in [-0.2, 0) is 4.74 Å². The van der Waals surface area contributed by atoms with E-state index >= 15 is 0 Å². The fraction of sp³-hybridized carbons (Fsp3) is 0.538. The van der Waals surface area contributed by atoms with E-state index in [9.17, 15) is 10.1 Å². The van der Waals surface area contributed by atoms with Crippen molar-refractivity contribution < 1.29 is 9.53 Å². The van der Waals surface area contributed by atoms with Gasteiger partial charge in [-0.1, -0.05) is 0 Å². The number of anilines is 2. The SMILES string of the molecule is CCN(CC1CCCO1)c1sc(C(N)=O)c(N)c1C#N. The highest BCUT2D eigenvalue weighted by Crippen LogP contribution is 2.38. The van der Waals surface area contributed by atoms with Gasteiger partial charge in [-0.15, -0.1) is 11.3 Å². The second-order valence-corrected chi connectivity index (χ2v) is 5.67. The smallest absolute Gasteiger partial charge is 0.261 e. The molecule has 2 rings (SSSR count). The number of ether oxygens (including phenoxy) is 1. The number of carbonyl (C=O) groups is 1. The van der Waals surface area contributed by atoms with Crippen LogP contribution >= 0.6 is 11.3 Å². The average Bonchev–Trinajstić information content (AvgIpc) is 3.03. The summed E-state index contributed by atoms with van der Waals surface area (Å²) in [5, 5.41) is 9.97. The topological polar surface area (TPSA) is 105 Å². The van der Waals surface area contributed by atoms with Crippen molar-refractivity contribution in [1.29, 1.82) is 5.26 Å². The third-order valence-electron chi connectivity index (χ3n) is 3.38. The van der Waals surface area contributed by atoms with Gasteiger partial charge in [0.2, 0.25) is 0 Å². The van der Waals surface area contributed by atoms with Gasteiger partial charge in [-0.05, 0) is 19.8 Å². The van der Waals surface area contributed by atoms with Crippen LogP contribution in [0.1, 0.15) is 35.0 Å². The van der Waals surface area contributed by atoms with E-state index in [4.69, 9.17) is 16.2 Å². The molecule has 1 aliphatic heterocycles. The van der Waals surface area contributed by atoms with Crippen molar-refractivity contribution in [2.45, 2.75) is 25.9 Å². The fourth-order valence-corrected chi connectivity index (χ4v) is 3.43. The Morgan fingerprint density at radius 3 is 2.90 bits per heavy atom. The number of rotatable bonds is 5. The van der Waals surface area contributed by atoms with Gasteiger partial charge in [-0.2, -0.15) is 5.26 Å². The van der Waals surface area contributed by atoms with Crippen molar-refractivity contribution in [2.24, 2.45) is 5.73 Å².